The Hall–Kier alpha value is -3.06. The number of methoxy groups -OCH3 is 2. The molecule has 0 aliphatic carbocycles. The van der Waals surface area contributed by atoms with Crippen LogP contribution in [0.2, 0.25) is 0 Å². The van der Waals surface area contributed by atoms with E-state index in [2.05, 4.69) is 10.6 Å². The molecule has 0 spiro atoms. The highest BCUT2D eigenvalue weighted by atomic mass is 16.5. The number of ether oxygens (including phenoxy) is 3. The minimum absolute atomic E-state index is 0.254. The van der Waals surface area contributed by atoms with Crippen LogP contribution >= 0.6 is 0 Å². The molecular formula is C21H26N2O5. The van der Waals surface area contributed by atoms with Gasteiger partial charge >= 0.3 is 0 Å². The fourth-order valence-electron chi connectivity index (χ4n) is 2.45. The number of para-hydroxylation sites is 1. The summed E-state index contributed by atoms with van der Waals surface area (Å²) in [6.45, 7) is 2.71. The van der Waals surface area contributed by atoms with Gasteiger partial charge in [0, 0.05) is 20.3 Å². The summed E-state index contributed by atoms with van der Waals surface area (Å²) < 4.78 is 15.7. The summed E-state index contributed by atoms with van der Waals surface area (Å²) in [6.07, 6.45) is -0.0324. The van der Waals surface area contributed by atoms with Crippen LogP contribution in [0.15, 0.2) is 48.5 Å². The summed E-state index contributed by atoms with van der Waals surface area (Å²) in [5, 5.41) is 5.58. The highest BCUT2D eigenvalue weighted by Crippen LogP contribution is 2.19. The summed E-state index contributed by atoms with van der Waals surface area (Å²) in [6, 6.07) is 13.8. The van der Waals surface area contributed by atoms with Crippen molar-refractivity contribution in [2.75, 3.05) is 32.7 Å². The summed E-state index contributed by atoms with van der Waals surface area (Å²) in [4.78, 5) is 24.9. The number of rotatable bonds is 10. The maximum atomic E-state index is 12.5. The molecule has 0 saturated heterocycles. The van der Waals surface area contributed by atoms with Gasteiger partial charge < -0.3 is 24.8 Å². The van der Waals surface area contributed by atoms with Gasteiger partial charge in [0.1, 0.15) is 11.5 Å². The molecule has 0 heterocycles. The van der Waals surface area contributed by atoms with Crippen LogP contribution in [0.4, 0.5) is 5.69 Å². The smallest absolute Gasteiger partial charge is 0.265 e. The number of hydrogen-bond acceptors (Lipinski definition) is 5. The number of hydrogen-bond donors (Lipinski definition) is 2. The van der Waals surface area contributed by atoms with Crippen LogP contribution < -0.4 is 20.1 Å². The van der Waals surface area contributed by atoms with Gasteiger partial charge in [0.2, 0.25) is 0 Å². The average Bonchev–Trinajstić information content (AvgIpc) is 2.72. The van der Waals surface area contributed by atoms with Gasteiger partial charge in [-0.05, 0) is 49.7 Å². The van der Waals surface area contributed by atoms with Crippen LogP contribution in [-0.4, -0.2) is 45.3 Å². The molecule has 2 rings (SSSR count). The van der Waals surface area contributed by atoms with Gasteiger partial charge in [-0.3, -0.25) is 9.59 Å². The maximum Gasteiger partial charge on any atom is 0.265 e. The van der Waals surface area contributed by atoms with Crippen LogP contribution in [0, 0.1) is 0 Å². The van der Waals surface area contributed by atoms with Gasteiger partial charge in [0.05, 0.1) is 18.4 Å². The standard InChI is InChI=1S/C21H26N2O5/c1-15(28-17-11-9-16(27-3)10-12-17)20(24)23-19-8-5-4-7-18(19)21(25)22-13-6-14-26-2/h4-5,7-12,15H,6,13-14H2,1-3H3,(H,22,25)(H,23,24)/t15-/m0/s1. The lowest BCUT2D eigenvalue weighted by Gasteiger charge is -2.16. The Morgan fingerprint density at radius 2 is 1.68 bits per heavy atom. The van der Waals surface area contributed by atoms with Crippen molar-refractivity contribution in [3.05, 3.63) is 54.1 Å². The van der Waals surface area contributed by atoms with Crippen LogP contribution in [0.5, 0.6) is 11.5 Å². The molecule has 0 aliphatic heterocycles. The molecule has 7 heteroatoms. The van der Waals surface area contributed by atoms with Crippen molar-refractivity contribution < 1.29 is 23.8 Å². The largest absolute Gasteiger partial charge is 0.497 e. The lowest BCUT2D eigenvalue weighted by Crippen LogP contribution is -2.32. The van der Waals surface area contributed by atoms with Crippen molar-refractivity contribution in [1.82, 2.24) is 5.32 Å². The molecule has 0 aliphatic rings. The first-order valence-corrected chi connectivity index (χ1v) is 9.03. The number of amides is 2. The van der Waals surface area contributed by atoms with Gasteiger partial charge in [0.25, 0.3) is 11.8 Å². The fourth-order valence-corrected chi connectivity index (χ4v) is 2.45. The third-order valence-electron chi connectivity index (χ3n) is 3.98. The van der Waals surface area contributed by atoms with Crippen molar-refractivity contribution in [2.24, 2.45) is 0 Å². The third-order valence-corrected chi connectivity index (χ3v) is 3.98. The molecule has 28 heavy (non-hydrogen) atoms. The molecule has 0 radical (unpaired) electrons. The van der Waals surface area contributed by atoms with E-state index in [-0.39, 0.29) is 11.8 Å². The summed E-state index contributed by atoms with van der Waals surface area (Å²) in [5.74, 6) is 0.647. The summed E-state index contributed by atoms with van der Waals surface area (Å²) >= 11 is 0. The highest BCUT2D eigenvalue weighted by Gasteiger charge is 2.18. The van der Waals surface area contributed by atoms with E-state index in [1.165, 1.54) is 0 Å². The predicted molar refractivity (Wildman–Crippen MR) is 107 cm³/mol. The molecular weight excluding hydrogens is 360 g/mol. The molecule has 7 nitrogen and oxygen atoms in total. The molecule has 0 aromatic heterocycles. The third kappa shape index (κ3) is 6.28. The second kappa shape index (κ2) is 10.9. The predicted octanol–water partition coefficient (Wildman–Crippen LogP) is 2.87. The lowest BCUT2D eigenvalue weighted by atomic mass is 10.1. The first-order chi connectivity index (χ1) is 13.5. The van der Waals surface area contributed by atoms with E-state index >= 15 is 0 Å². The zero-order valence-electron chi connectivity index (χ0n) is 16.4. The Kier molecular flexibility index (Phi) is 8.30. The van der Waals surface area contributed by atoms with E-state index in [9.17, 15) is 9.59 Å². The molecule has 2 aromatic carbocycles. The van der Waals surface area contributed by atoms with E-state index in [4.69, 9.17) is 14.2 Å². The molecule has 0 fully saturated rings. The average molecular weight is 386 g/mol. The van der Waals surface area contributed by atoms with E-state index in [0.717, 1.165) is 0 Å². The molecule has 150 valence electrons. The minimum Gasteiger partial charge on any atom is -0.497 e. The maximum absolute atomic E-state index is 12.5. The topological polar surface area (TPSA) is 85.9 Å². The second-order valence-corrected chi connectivity index (χ2v) is 6.07. The van der Waals surface area contributed by atoms with Crippen molar-refractivity contribution in [3.63, 3.8) is 0 Å². The Labute approximate surface area is 165 Å². The van der Waals surface area contributed by atoms with E-state index in [0.29, 0.717) is 42.3 Å². The molecule has 2 aromatic rings. The lowest BCUT2D eigenvalue weighted by molar-refractivity contribution is -0.122. The zero-order chi connectivity index (χ0) is 20.4. The van der Waals surface area contributed by atoms with Crippen molar-refractivity contribution in [3.8, 4) is 11.5 Å². The van der Waals surface area contributed by atoms with Crippen LogP contribution in [0.25, 0.3) is 0 Å². The molecule has 0 bridgehead atoms. The van der Waals surface area contributed by atoms with Crippen LogP contribution in [0.3, 0.4) is 0 Å². The van der Waals surface area contributed by atoms with Gasteiger partial charge in [-0.15, -0.1) is 0 Å². The number of carbonyl (C=O) groups is 2. The van der Waals surface area contributed by atoms with Crippen molar-refractivity contribution in [2.45, 2.75) is 19.4 Å². The van der Waals surface area contributed by atoms with Gasteiger partial charge in [-0.1, -0.05) is 12.1 Å². The second-order valence-electron chi connectivity index (χ2n) is 6.07. The van der Waals surface area contributed by atoms with Gasteiger partial charge in [0.15, 0.2) is 6.10 Å². The van der Waals surface area contributed by atoms with Gasteiger partial charge in [-0.25, -0.2) is 0 Å². The molecule has 1 atom stereocenters. The van der Waals surface area contributed by atoms with E-state index in [1.54, 1.807) is 69.7 Å². The number of nitrogens with one attached hydrogen (secondary N) is 2. The Balaban J connectivity index is 1.97. The summed E-state index contributed by atoms with van der Waals surface area (Å²) in [5.41, 5.74) is 0.826. The SMILES string of the molecule is COCCCNC(=O)c1ccccc1NC(=O)[C@H](C)Oc1ccc(OC)cc1. The molecule has 2 amide bonds. The Bertz CT molecular complexity index is 777. The minimum atomic E-state index is -0.744. The Morgan fingerprint density at radius 1 is 1.00 bits per heavy atom. The molecule has 0 unspecified atom stereocenters. The monoisotopic (exact) mass is 386 g/mol. The van der Waals surface area contributed by atoms with Crippen molar-refractivity contribution >= 4 is 17.5 Å². The zero-order valence-corrected chi connectivity index (χ0v) is 16.4. The normalized spacial score (nSPS) is 11.4. The van der Waals surface area contributed by atoms with E-state index in [1.807, 2.05) is 0 Å². The van der Waals surface area contributed by atoms with E-state index < -0.39 is 6.10 Å². The summed E-state index contributed by atoms with van der Waals surface area (Å²) in [7, 11) is 3.19. The number of anilines is 1. The Morgan fingerprint density at radius 3 is 2.36 bits per heavy atom. The van der Waals surface area contributed by atoms with Crippen LogP contribution in [-0.2, 0) is 9.53 Å². The fraction of sp³-hybridized carbons (Fsp3) is 0.333. The first-order valence-electron chi connectivity index (χ1n) is 9.03. The first kappa shape index (κ1) is 21.2. The van der Waals surface area contributed by atoms with Gasteiger partial charge in [-0.2, -0.15) is 0 Å². The quantitative estimate of drug-likeness (QED) is 0.613. The number of carbonyl (C=O) groups excluding carboxylic acids is 2. The highest BCUT2D eigenvalue weighted by molar-refractivity contribution is 6.04. The number of benzene rings is 2. The van der Waals surface area contributed by atoms with Crippen LogP contribution in [0.1, 0.15) is 23.7 Å². The van der Waals surface area contributed by atoms with Crippen molar-refractivity contribution in [1.29, 1.82) is 0 Å². The molecule has 2 N–H and O–H groups in total. The molecule has 0 saturated carbocycles.